The summed E-state index contributed by atoms with van der Waals surface area (Å²) in [6.07, 6.45) is 3.63. The summed E-state index contributed by atoms with van der Waals surface area (Å²) in [6, 6.07) is 9.03. The number of hydrogen-bond donors (Lipinski definition) is 1. The smallest absolute Gasteiger partial charge is 0.267 e. The van der Waals surface area contributed by atoms with E-state index in [2.05, 4.69) is 17.5 Å². The summed E-state index contributed by atoms with van der Waals surface area (Å²) in [4.78, 5) is 11.4. The average molecular weight is 190 g/mol. The molecule has 1 N–H and O–H groups in total. The predicted octanol–water partition coefficient (Wildman–Crippen LogP) is 2.20. The topological polar surface area (TPSA) is 41.5 Å². The maximum absolute atomic E-state index is 11.4. The van der Waals surface area contributed by atoms with Crippen LogP contribution in [-0.4, -0.2) is 12.1 Å². The first-order valence-corrected chi connectivity index (χ1v) is 4.71. The summed E-state index contributed by atoms with van der Waals surface area (Å²) >= 11 is 0. The van der Waals surface area contributed by atoms with Crippen LogP contribution in [0.25, 0.3) is 0 Å². The minimum atomic E-state index is -0.169. The van der Waals surface area contributed by atoms with Crippen molar-refractivity contribution < 1.29 is 4.79 Å². The highest BCUT2D eigenvalue weighted by Crippen LogP contribution is 1.97. The molecule has 74 valence electrons. The zero-order chi connectivity index (χ0) is 10.2. The number of carbonyl (C=O) groups is 1. The molecule has 3 nitrogen and oxygen atoms in total. The van der Waals surface area contributed by atoms with Crippen molar-refractivity contribution in [1.82, 2.24) is 5.43 Å². The Balaban J connectivity index is 2.44. The Kier molecular flexibility index (Phi) is 4.41. The fourth-order valence-electron chi connectivity index (χ4n) is 0.952. The van der Waals surface area contributed by atoms with Gasteiger partial charge in [-0.3, -0.25) is 4.79 Å². The van der Waals surface area contributed by atoms with Gasteiger partial charge in [0.25, 0.3) is 5.91 Å². The van der Waals surface area contributed by atoms with Gasteiger partial charge in [-0.1, -0.05) is 31.5 Å². The highest BCUT2D eigenvalue weighted by atomic mass is 16.2. The zero-order valence-corrected chi connectivity index (χ0v) is 8.23. The van der Waals surface area contributed by atoms with Gasteiger partial charge < -0.3 is 0 Å². The summed E-state index contributed by atoms with van der Waals surface area (Å²) in [5.74, 6) is -0.169. The molecule has 0 aromatic heterocycles. The molecule has 1 amide bonds. The minimum Gasteiger partial charge on any atom is -0.267 e. The molecule has 0 aliphatic heterocycles. The summed E-state index contributed by atoms with van der Waals surface area (Å²) in [5, 5.41) is 3.81. The van der Waals surface area contributed by atoms with Gasteiger partial charge >= 0.3 is 0 Å². The second-order valence-electron chi connectivity index (χ2n) is 2.91. The molecule has 0 bridgehead atoms. The molecule has 0 aliphatic carbocycles. The maximum atomic E-state index is 11.4. The third kappa shape index (κ3) is 3.39. The standard InChI is InChI=1S/C11H14N2O/c1-2-3-9-12-13-11(14)10-7-5-4-6-8-10/h4-9H,2-3H2,1H3,(H,13,14). The highest BCUT2D eigenvalue weighted by molar-refractivity contribution is 5.94. The monoisotopic (exact) mass is 190 g/mol. The molecule has 0 heterocycles. The lowest BCUT2D eigenvalue weighted by molar-refractivity contribution is 0.0955. The molecule has 0 atom stereocenters. The number of hydrogen-bond acceptors (Lipinski definition) is 2. The van der Waals surface area contributed by atoms with Crippen LogP contribution in [0.4, 0.5) is 0 Å². The van der Waals surface area contributed by atoms with Gasteiger partial charge in [0.2, 0.25) is 0 Å². The lowest BCUT2D eigenvalue weighted by Crippen LogP contribution is -2.17. The van der Waals surface area contributed by atoms with Crippen molar-refractivity contribution in [3.63, 3.8) is 0 Å². The lowest BCUT2D eigenvalue weighted by atomic mass is 10.2. The number of hydrazone groups is 1. The second-order valence-corrected chi connectivity index (χ2v) is 2.91. The Morgan fingerprint density at radius 2 is 2.14 bits per heavy atom. The molecule has 0 radical (unpaired) electrons. The van der Waals surface area contributed by atoms with E-state index in [1.54, 1.807) is 18.3 Å². The van der Waals surface area contributed by atoms with Crippen molar-refractivity contribution in [2.24, 2.45) is 5.10 Å². The molecule has 1 aromatic carbocycles. The number of nitrogens with zero attached hydrogens (tertiary/aromatic N) is 1. The molecule has 0 saturated carbocycles. The van der Waals surface area contributed by atoms with Crippen molar-refractivity contribution in [3.8, 4) is 0 Å². The number of rotatable bonds is 4. The van der Waals surface area contributed by atoms with Crippen LogP contribution >= 0.6 is 0 Å². The van der Waals surface area contributed by atoms with E-state index in [9.17, 15) is 4.79 Å². The maximum Gasteiger partial charge on any atom is 0.271 e. The van der Waals surface area contributed by atoms with Crippen molar-refractivity contribution in [1.29, 1.82) is 0 Å². The van der Waals surface area contributed by atoms with Crippen molar-refractivity contribution in [2.75, 3.05) is 0 Å². The Morgan fingerprint density at radius 3 is 2.79 bits per heavy atom. The van der Waals surface area contributed by atoms with Gasteiger partial charge in [-0.15, -0.1) is 0 Å². The molecule has 14 heavy (non-hydrogen) atoms. The van der Waals surface area contributed by atoms with Gasteiger partial charge in [-0.25, -0.2) is 5.43 Å². The molecular weight excluding hydrogens is 176 g/mol. The predicted molar refractivity (Wildman–Crippen MR) is 57.3 cm³/mol. The fraction of sp³-hybridized carbons (Fsp3) is 0.273. The first-order valence-electron chi connectivity index (χ1n) is 4.71. The van der Waals surface area contributed by atoms with Crippen molar-refractivity contribution >= 4 is 12.1 Å². The molecular formula is C11H14N2O. The first kappa shape index (κ1) is 10.4. The SMILES string of the molecule is CCCC=NNC(=O)c1ccccc1. The Labute approximate surface area is 83.8 Å². The number of carbonyl (C=O) groups excluding carboxylic acids is 1. The van der Waals surface area contributed by atoms with E-state index in [1.165, 1.54) is 0 Å². The molecule has 0 aliphatic rings. The van der Waals surface area contributed by atoms with E-state index in [4.69, 9.17) is 0 Å². The molecule has 0 fully saturated rings. The molecule has 3 heteroatoms. The van der Waals surface area contributed by atoms with Crippen LogP contribution in [0.15, 0.2) is 35.4 Å². The van der Waals surface area contributed by atoms with E-state index in [-0.39, 0.29) is 5.91 Å². The Morgan fingerprint density at radius 1 is 1.43 bits per heavy atom. The van der Waals surface area contributed by atoms with Crippen molar-refractivity contribution in [2.45, 2.75) is 19.8 Å². The van der Waals surface area contributed by atoms with E-state index in [1.807, 2.05) is 18.2 Å². The van der Waals surface area contributed by atoms with Crippen LogP contribution in [-0.2, 0) is 0 Å². The molecule has 0 spiro atoms. The highest BCUT2D eigenvalue weighted by Gasteiger charge is 2.00. The average Bonchev–Trinajstić information content (AvgIpc) is 2.25. The van der Waals surface area contributed by atoms with Gasteiger partial charge in [0.05, 0.1) is 0 Å². The Bertz CT molecular complexity index is 306. The van der Waals surface area contributed by atoms with E-state index >= 15 is 0 Å². The van der Waals surface area contributed by atoms with Gasteiger partial charge in [0.15, 0.2) is 0 Å². The molecule has 1 rings (SSSR count). The number of unbranched alkanes of at least 4 members (excludes halogenated alkanes) is 1. The number of benzene rings is 1. The fourth-order valence-corrected chi connectivity index (χ4v) is 0.952. The summed E-state index contributed by atoms with van der Waals surface area (Å²) in [6.45, 7) is 2.06. The van der Waals surface area contributed by atoms with E-state index in [0.717, 1.165) is 12.8 Å². The van der Waals surface area contributed by atoms with Gasteiger partial charge in [0.1, 0.15) is 0 Å². The van der Waals surface area contributed by atoms with Crippen molar-refractivity contribution in [3.05, 3.63) is 35.9 Å². The summed E-state index contributed by atoms with van der Waals surface area (Å²) in [7, 11) is 0. The van der Waals surface area contributed by atoms with Crippen LogP contribution < -0.4 is 5.43 Å². The summed E-state index contributed by atoms with van der Waals surface area (Å²) in [5.41, 5.74) is 3.09. The first-order chi connectivity index (χ1) is 6.84. The van der Waals surface area contributed by atoms with Gasteiger partial charge in [-0.2, -0.15) is 5.10 Å². The van der Waals surface area contributed by atoms with E-state index < -0.39 is 0 Å². The minimum absolute atomic E-state index is 0.169. The van der Waals surface area contributed by atoms with Crippen LogP contribution in [0.2, 0.25) is 0 Å². The normalized spacial score (nSPS) is 10.4. The van der Waals surface area contributed by atoms with Crippen LogP contribution in [0.5, 0.6) is 0 Å². The number of amides is 1. The zero-order valence-electron chi connectivity index (χ0n) is 8.23. The molecule has 0 unspecified atom stereocenters. The second kappa shape index (κ2) is 5.91. The summed E-state index contributed by atoms with van der Waals surface area (Å²) < 4.78 is 0. The molecule has 0 saturated heterocycles. The van der Waals surface area contributed by atoms with Crippen LogP contribution in [0.3, 0.4) is 0 Å². The van der Waals surface area contributed by atoms with Crippen LogP contribution in [0, 0.1) is 0 Å². The van der Waals surface area contributed by atoms with Crippen LogP contribution in [0.1, 0.15) is 30.1 Å². The number of nitrogens with one attached hydrogen (secondary N) is 1. The van der Waals surface area contributed by atoms with E-state index in [0.29, 0.717) is 5.56 Å². The lowest BCUT2D eigenvalue weighted by Gasteiger charge is -1.97. The largest absolute Gasteiger partial charge is 0.271 e. The third-order valence-electron chi connectivity index (χ3n) is 1.71. The van der Waals surface area contributed by atoms with Gasteiger partial charge in [-0.05, 0) is 18.6 Å². The quantitative estimate of drug-likeness (QED) is 0.574. The Hall–Kier alpha value is -1.64. The molecule has 1 aromatic rings. The third-order valence-corrected chi connectivity index (χ3v) is 1.71. The van der Waals surface area contributed by atoms with Gasteiger partial charge in [0, 0.05) is 11.8 Å².